The predicted octanol–water partition coefficient (Wildman–Crippen LogP) is 2.42. The molecule has 0 aliphatic heterocycles. The van der Waals surface area contributed by atoms with Crippen molar-refractivity contribution in [3.63, 3.8) is 0 Å². The third kappa shape index (κ3) is 3.77. The van der Waals surface area contributed by atoms with Crippen molar-refractivity contribution in [3.05, 3.63) is 41.0 Å². The van der Waals surface area contributed by atoms with Gasteiger partial charge < -0.3 is 4.74 Å². The van der Waals surface area contributed by atoms with Crippen LogP contribution in [0.5, 0.6) is 0 Å². The molecular formula is C14H12N2O2. The third-order valence-corrected chi connectivity index (χ3v) is 2.10. The van der Waals surface area contributed by atoms with E-state index in [1.807, 2.05) is 13.0 Å². The molecule has 1 rings (SSSR count). The normalized spacial score (nSPS) is 10.3. The van der Waals surface area contributed by atoms with Crippen LogP contribution in [0.3, 0.4) is 0 Å². The van der Waals surface area contributed by atoms with E-state index in [-0.39, 0.29) is 12.2 Å². The first-order chi connectivity index (χ1) is 8.71. The minimum Gasteiger partial charge on any atom is -0.462 e. The number of rotatable bonds is 4. The molecule has 0 atom stereocenters. The van der Waals surface area contributed by atoms with Gasteiger partial charge in [-0.25, -0.2) is 4.79 Å². The molecule has 0 saturated carbocycles. The fourth-order valence-electron chi connectivity index (χ4n) is 1.27. The van der Waals surface area contributed by atoms with Gasteiger partial charge in [0.15, 0.2) is 0 Å². The molecule has 0 amide bonds. The minimum atomic E-state index is -0.637. The molecular weight excluding hydrogens is 228 g/mol. The molecule has 0 bridgehead atoms. The van der Waals surface area contributed by atoms with Gasteiger partial charge in [-0.2, -0.15) is 10.5 Å². The Hall–Kier alpha value is -2.59. The van der Waals surface area contributed by atoms with E-state index >= 15 is 0 Å². The van der Waals surface area contributed by atoms with E-state index in [4.69, 9.17) is 15.3 Å². The number of nitriles is 2. The lowest BCUT2D eigenvalue weighted by Gasteiger charge is -2.01. The maximum Gasteiger partial charge on any atom is 0.348 e. The van der Waals surface area contributed by atoms with Crippen LogP contribution in [0.25, 0.3) is 6.08 Å². The SMILES string of the molecule is CCCOC(=O)C(C#N)=Cc1cccc(C#N)c1. The van der Waals surface area contributed by atoms with Gasteiger partial charge in [-0.15, -0.1) is 0 Å². The van der Waals surface area contributed by atoms with Gasteiger partial charge in [0.1, 0.15) is 11.6 Å². The summed E-state index contributed by atoms with van der Waals surface area (Å²) in [4.78, 5) is 11.5. The minimum absolute atomic E-state index is 0.0708. The predicted molar refractivity (Wildman–Crippen MR) is 66.0 cm³/mol. The molecule has 0 spiro atoms. The summed E-state index contributed by atoms with van der Waals surface area (Å²) < 4.78 is 4.88. The van der Waals surface area contributed by atoms with E-state index < -0.39 is 5.97 Å². The number of ether oxygens (including phenoxy) is 1. The van der Waals surface area contributed by atoms with E-state index in [2.05, 4.69) is 0 Å². The molecule has 0 aliphatic carbocycles. The maximum atomic E-state index is 11.5. The summed E-state index contributed by atoms with van der Waals surface area (Å²) in [6, 6.07) is 10.5. The fourth-order valence-corrected chi connectivity index (χ4v) is 1.27. The summed E-state index contributed by atoms with van der Waals surface area (Å²) in [5, 5.41) is 17.7. The molecule has 0 heterocycles. The van der Waals surface area contributed by atoms with Crippen molar-refractivity contribution in [2.24, 2.45) is 0 Å². The molecule has 0 saturated heterocycles. The van der Waals surface area contributed by atoms with Gasteiger partial charge in [0.05, 0.1) is 18.2 Å². The quantitative estimate of drug-likeness (QED) is 0.460. The van der Waals surface area contributed by atoms with Crippen LogP contribution < -0.4 is 0 Å². The molecule has 0 radical (unpaired) electrons. The largest absolute Gasteiger partial charge is 0.462 e. The number of carbonyl (C=O) groups is 1. The molecule has 1 aromatic carbocycles. The Bertz CT molecular complexity index is 548. The molecule has 0 aromatic heterocycles. The number of carbonyl (C=O) groups excluding carboxylic acids is 1. The lowest BCUT2D eigenvalue weighted by molar-refractivity contribution is -0.138. The molecule has 0 aliphatic rings. The van der Waals surface area contributed by atoms with Crippen LogP contribution in [0.1, 0.15) is 24.5 Å². The van der Waals surface area contributed by atoms with E-state index in [9.17, 15) is 4.79 Å². The standard InChI is InChI=1S/C14H12N2O2/c1-2-6-18-14(17)13(10-16)8-11-4-3-5-12(7-11)9-15/h3-5,7-8H,2,6H2,1H3. The average molecular weight is 240 g/mol. The van der Waals surface area contributed by atoms with E-state index in [0.717, 1.165) is 0 Å². The highest BCUT2D eigenvalue weighted by molar-refractivity contribution is 5.97. The molecule has 0 fully saturated rings. The van der Waals surface area contributed by atoms with Gasteiger partial charge in [-0.1, -0.05) is 19.1 Å². The van der Waals surface area contributed by atoms with Crippen molar-refractivity contribution in [2.75, 3.05) is 6.61 Å². The summed E-state index contributed by atoms with van der Waals surface area (Å²) in [5.41, 5.74) is 1.03. The highest BCUT2D eigenvalue weighted by Crippen LogP contribution is 2.10. The summed E-state index contributed by atoms with van der Waals surface area (Å²) in [6.07, 6.45) is 2.12. The second-order valence-electron chi connectivity index (χ2n) is 3.54. The Kier molecular flexibility index (Phi) is 5.15. The molecule has 90 valence electrons. The first-order valence-electron chi connectivity index (χ1n) is 5.50. The van der Waals surface area contributed by atoms with Crippen molar-refractivity contribution < 1.29 is 9.53 Å². The first-order valence-corrected chi connectivity index (χ1v) is 5.50. The van der Waals surface area contributed by atoms with Crippen LogP contribution in [0, 0.1) is 22.7 Å². The molecule has 4 nitrogen and oxygen atoms in total. The Morgan fingerprint density at radius 3 is 2.83 bits per heavy atom. The molecule has 0 unspecified atom stereocenters. The Morgan fingerprint density at radius 1 is 1.44 bits per heavy atom. The third-order valence-electron chi connectivity index (χ3n) is 2.10. The number of benzene rings is 1. The highest BCUT2D eigenvalue weighted by atomic mass is 16.5. The topological polar surface area (TPSA) is 73.9 Å². The Balaban J connectivity index is 2.94. The molecule has 1 aromatic rings. The van der Waals surface area contributed by atoms with E-state index in [0.29, 0.717) is 17.5 Å². The van der Waals surface area contributed by atoms with Gasteiger partial charge in [0.25, 0.3) is 0 Å². The van der Waals surface area contributed by atoms with Crippen molar-refractivity contribution >= 4 is 12.0 Å². The van der Waals surface area contributed by atoms with Crippen LogP contribution >= 0.6 is 0 Å². The molecule has 4 heteroatoms. The van der Waals surface area contributed by atoms with Gasteiger partial charge in [0, 0.05) is 0 Å². The lowest BCUT2D eigenvalue weighted by Crippen LogP contribution is -2.07. The number of hydrogen-bond donors (Lipinski definition) is 0. The Labute approximate surface area is 106 Å². The van der Waals surface area contributed by atoms with Gasteiger partial charge in [0.2, 0.25) is 0 Å². The fraction of sp³-hybridized carbons (Fsp3) is 0.214. The summed E-state index contributed by atoms with van der Waals surface area (Å²) in [6.45, 7) is 2.16. The van der Waals surface area contributed by atoms with Crippen LogP contribution in [0.2, 0.25) is 0 Å². The monoisotopic (exact) mass is 240 g/mol. The van der Waals surface area contributed by atoms with Gasteiger partial charge >= 0.3 is 5.97 Å². The second-order valence-corrected chi connectivity index (χ2v) is 3.54. The maximum absolute atomic E-state index is 11.5. The molecule has 18 heavy (non-hydrogen) atoms. The summed E-state index contributed by atoms with van der Waals surface area (Å²) >= 11 is 0. The Morgan fingerprint density at radius 2 is 2.22 bits per heavy atom. The van der Waals surface area contributed by atoms with Crippen LogP contribution in [-0.2, 0) is 9.53 Å². The van der Waals surface area contributed by atoms with Crippen molar-refractivity contribution in [2.45, 2.75) is 13.3 Å². The van der Waals surface area contributed by atoms with Crippen LogP contribution in [0.4, 0.5) is 0 Å². The van der Waals surface area contributed by atoms with Gasteiger partial charge in [-0.05, 0) is 30.2 Å². The number of hydrogen-bond acceptors (Lipinski definition) is 4. The smallest absolute Gasteiger partial charge is 0.348 e. The number of nitrogens with zero attached hydrogens (tertiary/aromatic N) is 2. The van der Waals surface area contributed by atoms with Gasteiger partial charge in [-0.3, -0.25) is 0 Å². The van der Waals surface area contributed by atoms with Crippen molar-refractivity contribution in [1.29, 1.82) is 10.5 Å². The zero-order valence-corrected chi connectivity index (χ0v) is 10.0. The molecule has 0 N–H and O–H groups in total. The van der Waals surface area contributed by atoms with Crippen LogP contribution in [-0.4, -0.2) is 12.6 Å². The zero-order chi connectivity index (χ0) is 13.4. The second kappa shape index (κ2) is 6.88. The van der Waals surface area contributed by atoms with E-state index in [1.165, 1.54) is 6.08 Å². The summed E-state index contributed by atoms with van der Waals surface area (Å²) in [7, 11) is 0. The average Bonchev–Trinajstić information content (AvgIpc) is 2.42. The number of esters is 1. The zero-order valence-electron chi connectivity index (χ0n) is 10.0. The lowest BCUT2D eigenvalue weighted by atomic mass is 10.1. The van der Waals surface area contributed by atoms with Crippen molar-refractivity contribution in [3.8, 4) is 12.1 Å². The van der Waals surface area contributed by atoms with Crippen LogP contribution in [0.15, 0.2) is 29.8 Å². The first kappa shape index (κ1) is 13.5. The van der Waals surface area contributed by atoms with Crippen molar-refractivity contribution in [1.82, 2.24) is 0 Å². The highest BCUT2D eigenvalue weighted by Gasteiger charge is 2.10. The summed E-state index contributed by atoms with van der Waals surface area (Å²) in [5.74, 6) is -0.637. The van der Waals surface area contributed by atoms with E-state index in [1.54, 1.807) is 30.3 Å².